The van der Waals surface area contributed by atoms with E-state index >= 15 is 0 Å². The Labute approximate surface area is 69.2 Å². The van der Waals surface area contributed by atoms with Gasteiger partial charge in [0.15, 0.2) is 5.89 Å². The number of aryl methyl sites for hydroxylation is 1. The van der Waals surface area contributed by atoms with E-state index in [2.05, 4.69) is 4.98 Å². The van der Waals surface area contributed by atoms with E-state index in [0.29, 0.717) is 24.6 Å². The Hall–Kier alpha value is -1.36. The van der Waals surface area contributed by atoms with Gasteiger partial charge in [0, 0.05) is 13.0 Å². The number of carbonyl (C=O) groups is 1. The van der Waals surface area contributed by atoms with Crippen LogP contribution in [0, 0.1) is 0 Å². The van der Waals surface area contributed by atoms with Crippen LogP contribution >= 0.6 is 0 Å². The molecule has 0 bridgehead atoms. The van der Waals surface area contributed by atoms with Crippen LogP contribution in [-0.2, 0) is 17.8 Å². The number of aliphatic carboxylic acids is 1. The lowest BCUT2D eigenvalue weighted by molar-refractivity contribution is -0.137. The number of hydrogen-bond donors (Lipinski definition) is 2. The van der Waals surface area contributed by atoms with Crippen molar-refractivity contribution in [3.8, 4) is 0 Å². The number of rotatable bonds is 4. The minimum Gasteiger partial charge on any atom is -0.481 e. The highest BCUT2D eigenvalue weighted by molar-refractivity contribution is 5.66. The maximum absolute atomic E-state index is 10.2. The van der Waals surface area contributed by atoms with Crippen molar-refractivity contribution in [3.05, 3.63) is 17.8 Å². The van der Waals surface area contributed by atoms with Crippen LogP contribution in [0.15, 0.2) is 10.7 Å². The average molecular weight is 170 g/mol. The lowest BCUT2D eigenvalue weighted by Crippen LogP contribution is -1.99. The van der Waals surface area contributed by atoms with Gasteiger partial charge in [0.05, 0.1) is 12.1 Å². The maximum Gasteiger partial charge on any atom is 0.303 e. The minimum absolute atomic E-state index is 0.0323. The molecule has 0 aliphatic rings. The van der Waals surface area contributed by atoms with Crippen LogP contribution in [0.25, 0.3) is 0 Å². The highest BCUT2D eigenvalue weighted by Crippen LogP contribution is 2.03. The van der Waals surface area contributed by atoms with Crippen molar-refractivity contribution in [2.24, 2.45) is 5.73 Å². The molecule has 1 aromatic rings. The predicted molar refractivity (Wildman–Crippen MR) is 40.4 cm³/mol. The van der Waals surface area contributed by atoms with E-state index in [1.54, 1.807) is 0 Å². The number of carboxylic acid groups (broad SMARTS) is 1. The van der Waals surface area contributed by atoms with Crippen molar-refractivity contribution in [1.82, 2.24) is 4.98 Å². The molecule has 0 unspecified atom stereocenters. The van der Waals surface area contributed by atoms with Gasteiger partial charge >= 0.3 is 5.97 Å². The van der Waals surface area contributed by atoms with Crippen LogP contribution in [0.3, 0.4) is 0 Å². The SMILES string of the molecule is NCc1coc(CCC(=O)O)n1. The Morgan fingerprint density at radius 3 is 3.00 bits per heavy atom. The highest BCUT2D eigenvalue weighted by Gasteiger charge is 2.04. The van der Waals surface area contributed by atoms with Gasteiger partial charge in [-0.1, -0.05) is 0 Å². The summed E-state index contributed by atoms with van der Waals surface area (Å²) in [4.78, 5) is 14.1. The number of oxazole rings is 1. The van der Waals surface area contributed by atoms with Crippen molar-refractivity contribution in [1.29, 1.82) is 0 Å². The molecule has 5 heteroatoms. The summed E-state index contributed by atoms with van der Waals surface area (Å²) in [6.07, 6.45) is 1.79. The Morgan fingerprint density at radius 2 is 2.50 bits per heavy atom. The van der Waals surface area contributed by atoms with Gasteiger partial charge in [-0.05, 0) is 0 Å². The quantitative estimate of drug-likeness (QED) is 0.671. The van der Waals surface area contributed by atoms with E-state index in [4.69, 9.17) is 15.3 Å². The first-order chi connectivity index (χ1) is 5.72. The van der Waals surface area contributed by atoms with Gasteiger partial charge in [0.1, 0.15) is 6.26 Å². The molecule has 0 aliphatic carbocycles. The molecule has 1 rings (SSSR count). The lowest BCUT2D eigenvalue weighted by Gasteiger charge is -1.88. The fourth-order valence-corrected chi connectivity index (χ4v) is 0.771. The van der Waals surface area contributed by atoms with Crippen molar-refractivity contribution in [2.75, 3.05) is 0 Å². The zero-order valence-corrected chi connectivity index (χ0v) is 6.49. The van der Waals surface area contributed by atoms with Gasteiger partial charge in [-0.25, -0.2) is 4.98 Å². The topological polar surface area (TPSA) is 89.3 Å². The molecule has 0 saturated heterocycles. The van der Waals surface area contributed by atoms with E-state index in [1.807, 2.05) is 0 Å². The lowest BCUT2D eigenvalue weighted by atomic mass is 10.3. The molecule has 0 aromatic carbocycles. The maximum atomic E-state index is 10.2. The summed E-state index contributed by atoms with van der Waals surface area (Å²) < 4.78 is 4.95. The second kappa shape index (κ2) is 3.87. The summed E-state index contributed by atoms with van der Waals surface area (Å²) in [6.45, 7) is 0.316. The van der Waals surface area contributed by atoms with Gasteiger partial charge in [0.2, 0.25) is 0 Å². The van der Waals surface area contributed by atoms with Gasteiger partial charge in [0.25, 0.3) is 0 Å². The van der Waals surface area contributed by atoms with E-state index in [-0.39, 0.29) is 6.42 Å². The van der Waals surface area contributed by atoms with Crippen molar-refractivity contribution >= 4 is 5.97 Å². The van der Waals surface area contributed by atoms with Gasteiger partial charge in [-0.2, -0.15) is 0 Å². The first kappa shape index (κ1) is 8.73. The molecule has 0 radical (unpaired) electrons. The summed E-state index contributed by atoms with van der Waals surface area (Å²) in [5.41, 5.74) is 5.93. The first-order valence-electron chi connectivity index (χ1n) is 3.57. The predicted octanol–water partition coefficient (Wildman–Crippen LogP) is 0.150. The molecule has 1 heterocycles. The first-order valence-corrected chi connectivity index (χ1v) is 3.57. The number of nitrogens with zero attached hydrogens (tertiary/aromatic N) is 1. The smallest absolute Gasteiger partial charge is 0.303 e. The molecule has 0 atom stereocenters. The Bertz CT molecular complexity index is 269. The van der Waals surface area contributed by atoms with Gasteiger partial charge in [-0.15, -0.1) is 0 Å². The van der Waals surface area contributed by atoms with Gasteiger partial charge in [-0.3, -0.25) is 4.79 Å². The number of nitrogens with two attached hydrogens (primary N) is 1. The molecule has 66 valence electrons. The molecule has 5 nitrogen and oxygen atoms in total. The molecule has 0 fully saturated rings. The molecule has 0 saturated carbocycles. The van der Waals surface area contributed by atoms with Crippen LogP contribution in [0.1, 0.15) is 18.0 Å². The molecule has 0 aliphatic heterocycles. The Balaban J connectivity index is 2.47. The second-order valence-electron chi connectivity index (χ2n) is 2.33. The van der Waals surface area contributed by atoms with E-state index in [1.165, 1.54) is 6.26 Å². The van der Waals surface area contributed by atoms with Crippen LogP contribution in [0.2, 0.25) is 0 Å². The summed E-state index contributed by atoms with van der Waals surface area (Å²) in [7, 11) is 0. The normalized spacial score (nSPS) is 10.1. The molecular weight excluding hydrogens is 160 g/mol. The summed E-state index contributed by atoms with van der Waals surface area (Å²) >= 11 is 0. The fourth-order valence-electron chi connectivity index (χ4n) is 0.771. The van der Waals surface area contributed by atoms with Crippen molar-refractivity contribution < 1.29 is 14.3 Å². The molecule has 0 spiro atoms. The summed E-state index contributed by atoms with van der Waals surface area (Å²) in [6, 6.07) is 0. The third-order valence-electron chi connectivity index (χ3n) is 1.36. The van der Waals surface area contributed by atoms with Crippen LogP contribution < -0.4 is 5.73 Å². The number of aromatic nitrogens is 1. The number of carboxylic acids is 1. The zero-order chi connectivity index (χ0) is 8.97. The van der Waals surface area contributed by atoms with Crippen molar-refractivity contribution in [2.45, 2.75) is 19.4 Å². The van der Waals surface area contributed by atoms with Gasteiger partial charge < -0.3 is 15.3 Å². The van der Waals surface area contributed by atoms with Crippen LogP contribution in [-0.4, -0.2) is 16.1 Å². The van der Waals surface area contributed by atoms with E-state index < -0.39 is 5.97 Å². The second-order valence-corrected chi connectivity index (χ2v) is 2.33. The van der Waals surface area contributed by atoms with Crippen molar-refractivity contribution in [3.63, 3.8) is 0 Å². The largest absolute Gasteiger partial charge is 0.481 e. The van der Waals surface area contributed by atoms with Crippen LogP contribution in [0.4, 0.5) is 0 Å². The molecule has 12 heavy (non-hydrogen) atoms. The average Bonchev–Trinajstić information content (AvgIpc) is 2.48. The Kier molecular flexibility index (Phi) is 2.82. The highest BCUT2D eigenvalue weighted by atomic mass is 16.4. The molecule has 3 N–H and O–H groups in total. The third kappa shape index (κ3) is 2.35. The fraction of sp³-hybridized carbons (Fsp3) is 0.429. The summed E-state index contributed by atoms with van der Waals surface area (Å²) in [5, 5.41) is 8.34. The Morgan fingerprint density at radius 1 is 1.75 bits per heavy atom. The molecule has 1 aromatic heterocycles. The van der Waals surface area contributed by atoms with E-state index in [9.17, 15) is 4.79 Å². The third-order valence-corrected chi connectivity index (χ3v) is 1.36. The summed E-state index contributed by atoms with van der Waals surface area (Å²) in [5.74, 6) is -0.430. The molecular formula is C7H10N2O3. The zero-order valence-electron chi connectivity index (χ0n) is 6.49. The van der Waals surface area contributed by atoms with Crippen LogP contribution in [0.5, 0.6) is 0 Å². The minimum atomic E-state index is -0.859. The number of hydrogen-bond acceptors (Lipinski definition) is 4. The van der Waals surface area contributed by atoms with E-state index in [0.717, 1.165) is 0 Å². The molecule has 0 amide bonds. The standard InChI is InChI=1S/C7H10N2O3/c8-3-5-4-12-6(9-5)1-2-7(10)11/h4H,1-3,8H2,(H,10,11). The monoisotopic (exact) mass is 170 g/mol.